The van der Waals surface area contributed by atoms with Crippen LogP contribution in [0.1, 0.15) is 10.4 Å². The molecule has 1 aromatic heterocycles. The molecular formula is C21H19BrN2O3. The second kappa shape index (κ2) is 9.19. The Morgan fingerprint density at radius 1 is 1.00 bits per heavy atom. The van der Waals surface area contributed by atoms with Gasteiger partial charge in [0.25, 0.3) is 5.91 Å². The van der Waals surface area contributed by atoms with Crippen molar-refractivity contribution in [2.24, 2.45) is 0 Å². The fraction of sp³-hybridized carbons (Fsp3) is 0.143. The molecule has 0 aliphatic rings. The van der Waals surface area contributed by atoms with Crippen LogP contribution in [0, 0.1) is 0 Å². The number of nitrogens with zero attached hydrogens (tertiary/aromatic N) is 2. The van der Waals surface area contributed by atoms with Gasteiger partial charge < -0.3 is 14.4 Å². The highest BCUT2D eigenvalue weighted by Crippen LogP contribution is 2.21. The van der Waals surface area contributed by atoms with Gasteiger partial charge in [0.05, 0.1) is 12.1 Å². The van der Waals surface area contributed by atoms with Gasteiger partial charge in [0.1, 0.15) is 18.1 Å². The lowest BCUT2D eigenvalue weighted by Gasteiger charge is -2.17. The number of halogens is 1. The number of amides is 1. The van der Waals surface area contributed by atoms with Crippen molar-refractivity contribution in [3.05, 3.63) is 83.0 Å². The van der Waals surface area contributed by atoms with Crippen molar-refractivity contribution in [2.75, 3.05) is 20.2 Å². The zero-order valence-electron chi connectivity index (χ0n) is 14.8. The summed E-state index contributed by atoms with van der Waals surface area (Å²) in [5, 5.41) is 0. The van der Waals surface area contributed by atoms with Gasteiger partial charge in [0.15, 0.2) is 0 Å². The zero-order valence-corrected chi connectivity index (χ0v) is 16.4. The number of rotatable bonds is 7. The molecule has 138 valence electrons. The predicted molar refractivity (Wildman–Crippen MR) is 107 cm³/mol. The lowest BCUT2D eigenvalue weighted by molar-refractivity contribution is 0.0773. The maximum Gasteiger partial charge on any atom is 0.255 e. The van der Waals surface area contributed by atoms with Crippen LogP contribution in [0.15, 0.2) is 77.4 Å². The number of likely N-dealkylation sites (N-methyl/N-ethyl adjacent to an activating group) is 1. The second-order valence-electron chi connectivity index (χ2n) is 5.83. The Kier molecular flexibility index (Phi) is 6.44. The number of carbonyl (C=O) groups excluding carboxylic acids is 1. The Balaban J connectivity index is 1.52. The van der Waals surface area contributed by atoms with E-state index in [-0.39, 0.29) is 5.91 Å². The van der Waals surface area contributed by atoms with Crippen molar-refractivity contribution in [1.29, 1.82) is 0 Å². The van der Waals surface area contributed by atoms with Crippen LogP contribution in [-0.4, -0.2) is 36.0 Å². The van der Waals surface area contributed by atoms with Crippen molar-refractivity contribution in [3.63, 3.8) is 0 Å². The average Bonchev–Trinajstić information content (AvgIpc) is 2.70. The Morgan fingerprint density at radius 3 is 2.41 bits per heavy atom. The first-order chi connectivity index (χ1) is 13.1. The van der Waals surface area contributed by atoms with E-state index in [0.29, 0.717) is 30.3 Å². The summed E-state index contributed by atoms with van der Waals surface area (Å²) in [7, 11) is 1.74. The van der Waals surface area contributed by atoms with Crippen LogP contribution < -0.4 is 9.47 Å². The fourth-order valence-electron chi connectivity index (χ4n) is 2.33. The number of hydrogen-bond donors (Lipinski definition) is 0. The molecule has 0 atom stereocenters. The molecule has 0 fully saturated rings. The minimum atomic E-state index is -0.116. The van der Waals surface area contributed by atoms with Gasteiger partial charge in [0.2, 0.25) is 5.88 Å². The van der Waals surface area contributed by atoms with Crippen LogP contribution in [0.5, 0.6) is 17.4 Å². The standard InChI is InChI=1S/C21H19BrN2O3/c1-24(13-14-26-18-5-3-2-4-6-18)21(25)16-7-12-20(23-15-16)27-19-10-8-17(22)9-11-19/h2-12,15H,13-14H2,1H3. The van der Waals surface area contributed by atoms with Crippen LogP contribution in [0.3, 0.4) is 0 Å². The summed E-state index contributed by atoms with van der Waals surface area (Å²) in [6.45, 7) is 0.898. The highest BCUT2D eigenvalue weighted by Gasteiger charge is 2.12. The SMILES string of the molecule is CN(CCOc1ccccc1)C(=O)c1ccc(Oc2ccc(Br)cc2)nc1. The van der Waals surface area contributed by atoms with E-state index in [1.54, 1.807) is 24.1 Å². The van der Waals surface area contributed by atoms with Gasteiger partial charge >= 0.3 is 0 Å². The Bertz CT molecular complexity index is 868. The number of para-hydroxylation sites is 1. The molecule has 0 aliphatic heterocycles. The number of pyridine rings is 1. The fourth-order valence-corrected chi connectivity index (χ4v) is 2.59. The molecule has 0 bridgehead atoms. The van der Waals surface area contributed by atoms with E-state index in [0.717, 1.165) is 10.2 Å². The summed E-state index contributed by atoms with van der Waals surface area (Å²) in [6, 6.07) is 20.4. The number of benzene rings is 2. The van der Waals surface area contributed by atoms with E-state index in [4.69, 9.17) is 9.47 Å². The first-order valence-electron chi connectivity index (χ1n) is 8.44. The van der Waals surface area contributed by atoms with E-state index in [1.807, 2.05) is 54.6 Å². The third-order valence-corrected chi connectivity index (χ3v) is 4.33. The summed E-state index contributed by atoms with van der Waals surface area (Å²) in [5.41, 5.74) is 0.500. The summed E-state index contributed by atoms with van der Waals surface area (Å²) >= 11 is 3.38. The normalized spacial score (nSPS) is 10.3. The summed E-state index contributed by atoms with van der Waals surface area (Å²) < 4.78 is 12.3. The Labute approximate surface area is 166 Å². The van der Waals surface area contributed by atoms with Gasteiger partial charge in [-0.3, -0.25) is 4.79 Å². The first-order valence-corrected chi connectivity index (χ1v) is 9.24. The third-order valence-electron chi connectivity index (χ3n) is 3.80. The van der Waals surface area contributed by atoms with Gasteiger partial charge in [-0.25, -0.2) is 4.98 Å². The lowest BCUT2D eigenvalue weighted by Crippen LogP contribution is -2.30. The van der Waals surface area contributed by atoms with Crippen molar-refractivity contribution in [1.82, 2.24) is 9.88 Å². The molecular weight excluding hydrogens is 408 g/mol. The van der Waals surface area contributed by atoms with E-state index in [9.17, 15) is 4.79 Å². The quantitative estimate of drug-likeness (QED) is 0.544. The molecule has 27 heavy (non-hydrogen) atoms. The Morgan fingerprint density at radius 2 is 1.74 bits per heavy atom. The van der Waals surface area contributed by atoms with E-state index in [2.05, 4.69) is 20.9 Å². The molecule has 0 saturated heterocycles. The maximum absolute atomic E-state index is 12.5. The van der Waals surface area contributed by atoms with Gasteiger partial charge in [-0.15, -0.1) is 0 Å². The van der Waals surface area contributed by atoms with Crippen LogP contribution >= 0.6 is 15.9 Å². The minimum absolute atomic E-state index is 0.116. The number of hydrogen-bond acceptors (Lipinski definition) is 4. The van der Waals surface area contributed by atoms with Gasteiger partial charge in [0, 0.05) is 23.8 Å². The van der Waals surface area contributed by atoms with E-state index in [1.165, 1.54) is 6.20 Å². The average molecular weight is 427 g/mol. The van der Waals surface area contributed by atoms with Crippen molar-refractivity contribution < 1.29 is 14.3 Å². The van der Waals surface area contributed by atoms with Crippen molar-refractivity contribution in [3.8, 4) is 17.4 Å². The number of ether oxygens (including phenoxy) is 2. The molecule has 2 aromatic carbocycles. The first kappa shape index (κ1) is 18.9. The minimum Gasteiger partial charge on any atom is -0.492 e. The largest absolute Gasteiger partial charge is 0.492 e. The number of aromatic nitrogens is 1. The Hall–Kier alpha value is -2.86. The van der Waals surface area contributed by atoms with Crippen LogP contribution in [0.25, 0.3) is 0 Å². The molecule has 0 spiro atoms. The molecule has 0 N–H and O–H groups in total. The zero-order chi connectivity index (χ0) is 19.1. The van der Waals surface area contributed by atoms with E-state index >= 15 is 0 Å². The maximum atomic E-state index is 12.5. The van der Waals surface area contributed by atoms with Gasteiger partial charge in [-0.2, -0.15) is 0 Å². The molecule has 3 aromatic rings. The highest BCUT2D eigenvalue weighted by molar-refractivity contribution is 9.10. The van der Waals surface area contributed by atoms with Crippen LogP contribution in [0.4, 0.5) is 0 Å². The molecule has 0 aliphatic carbocycles. The molecule has 1 heterocycles. The molecule has 0 saturated carbocycles. The molecule has 3 rings (SSSR count). The third kappa shape index (κ3) is 5.56. The van der Waals surface area contributed by atoms with Crippen LogP contribution in [-0.2, 0) is 0 Å². The molecule has 6 heteroatoms. The van der Waals surface area contributed by atoms with Crippen LogP contribution in [0.2, 0.25) is 0 Å². The predicted octanol–water partition coefficient (Wildman–Crippen LogP) is 4.79. The monoisotopic (exact) mass is 426 g/mol. The summed E-state index contributed by atoms with van der Waals surface area (Å²) in [5.74, 6) is 1.78. The van der Waals surface area contributed by atoms with Gasteiger partial charge in [-0.05, 0) is 42.5 Å². The molecule has 0 unspecified atom stereocenters. The molecule has 0 radical (unpaired) electrons. The van der Waals surface area contributed by atoms with E-state index < -0.39 is 0 Å². The summed E-state index contributed by atoms with van der Waals surface area (Å²) in [6.07, 6.45) is 1.52. The topological polar surface area (TPSA) is 51.7 Å². The van der Waals surface area contributed by atoms with Gasteiger partial charge in [-0.1, -0.05) is 34.1 Å². The number of carbonyl (C=O) groups is 1. The molecule has 1 amide bonds. The second-order valence-corrected chi connectivity index (χ2v) is 6.74. The summed E-state index contributed by atoms with van der Waals surface area (Å²) in [4.78, 5) is 18.3. The van der Waals surface area contributed by atoms with Crippen molar-refractivity contribution >= 4 is 21.8 Å². The van der Waals surface area contributed by atoms with Crippen molar-refractivity contribution in [2.45, 2.75) is 0 Å². The smallest absolute Gasteiger partial charge is 0.255 e. The lowest BCUT2D eigenvalue weighted by atomic mass is 10.2. The molecule has 5 nitrogen and oxygen atoms in total. The highest BCUT2D eigenvalue weighted by atomic mass is 79.9.